The molecule has 0 fully saturated rings. The molecule has 3 N–H and O–H groups in total. The zero-order valence-electron chi connectivity index (χ0n) is 10.9. The van der Waals surface area contributed by atoms with Crippen LogP contribution in [0.1, 0.15) is 6.42 Å². The number of hydrogen-bond donors (Lipinski definition) is 2. The first kappa shape index (κ1) is 33.7. The summed E-state index contributed by atoms with van der Waals surface area (Å²) < 4.78 is 20.8. The summed E-state index contributed by atoms with van der Waals surface area (Å²) in [4.78, 5) is 41.6. The van der Waals surface area contributed by atoms with Gasteiger partial charge >= 0.3 is 118 Å². The third-order valence-corrected chi connectivity index (χ3v) is 5.06. The molecule has 86 valence electrons. The van der Waals surface area contributed by atoms with Crippen molar-refractivity contribution >= 4 is 15.2 Å². The van der Waals surface area contributed by atoms with Crippen LogP contribution in [0.4, 0.5) is 0 Å². The van der Waals surface area contributed by atoms with Gasteiger partial charge in [0.2, 0.25) is 0 Å². The van der Waals surface area contributed by atoms with Crippen LogP contribution in [0.3, 0.4) is 0 Å². The molecule has 18 heavy (non-hydrogen) atoms. The van der Waals surface area contributed by atoms with E-state index in [1.165, 1.54) is 0 Å². The number of aliphatic hydroxyl groups excluding tert-OH is 1. The van der Waals surface area contributed by atoms with E-state index in [9.17, 15) is 28.7 Å². The maximum absolute atomic E-state index is 10.4. The van der Waals surface area contributed by atoms with Crippen LogP contribution in [-0.4, -0.2) is 23.2 Å². The topological polar surface area (TPSA) is 173 Å². The Kier molecular flexibility index (Phi) is 27.7. The first-order valence-corrected chi connectivity index (χ1v) is 6.71. The Morgan fingerprint density at radius 3 is 1.39 bits per heavy atom. The number of aliphatic hydroxyl groups is 1. The average molecular weight is 337 g/mol. The van der Waals surface area contributed by atoms with E-state index in [1.54, 1.807) is 0 Å². The molecule has 1 unspecified atom stereocenters. The SMILES string of the molecule is NC(CO)CC(P(=O)([O-])[O-])P(=O)([O-])[O-].[Na+].[Na+].[Na+].[Na+]. The molecule has 0 aromatic rings. The number of nitrogens with two attached hydrogens (primary N) is 1. The van der Waals surface area contributed by atoms with Crippen molar-refractivity contribution in [1.29, 1.82) is 0 Å². The Hall–Kier alpha value is 4.22. The van der Waals surface area contributed by atoms with Crippen molar-refractivity contribution in [2.45, 2.75) is 17.9 Å². The number of hydrogen-bond acceptors (Lipinski definition) is 8. The molecule has 0 saturated heterocycles. The molecule has 1 atom stereocenters. The van der Waals surface area contributed by atoms with Gasteiger partial charge in [0, 0.05) is 11.4 Å². The van der Waals surface area contributed by atoms with Gasteiger partial charge < -0.3 is 39.5 Å². The molecule has 0 rings (SSSR count). The molecule has 0 spiro atoms. The van der Waals surface area contributed by atoms with Crippen molar-refractivity contribution in [3.63, 3.8) is 0 Å². The zero-order chi connectivity index (χ0) is 11.6. The summed E-state index contributed by atoms with van der Waals surface area (Å²) in [5.74, 6) is 0. The summed E-state index contributed by atoms with van der Waals surface area (Å²) in [6.45, 7) is -0.712. The van der Waals surface area contributed by atoms with Crippen molar-refractivity contribution in [3.8, 4) is 0 Å². The van der Waals surface area contributed by atoms with Crippen LogP contribution in [0.2, 0.25) is 0 Å². The minimum Gasteiger partial charge on any atom is -0.810 e. The predicted molar refractivity (Wildman–Crippen MR) is 38.7 cm³/mol. The van der Waals surface area contributed by atoms with Crippen LogP contribution in [0.25, 0.3) is 0 Å². The Bertz CT molecular complexity index is 261. The van der Waals surface area contributed by atoms with Crippen molar-refractivity contribution < 1.29 is 152 Å². The molecule has 0 heterocycles. The first-order chi connectivity index (χ1) is 6.09. The molecule has 0 aliphatic carbocycles. The van der Waals surface area contributed by atoms with E-state index < -0.39 is 39.7 Å². The van der Waals surface area contributed by atoms with Crippen molar-refractivity contribution in [3.05, 3.63) is 0 Å². The van der Waals surface area contributed by atoms with E-state index >= 15 is 0 Å². The van der Waals surface area contributed by atoms with E-state index in [1.807, 2.05) is 0 Å². The second-order valence-electron chi connectivity index (χ2n) is 2.74. The van der Waals surface area contributed by atoms with Crippen LogP contribution >= 0.6 is 15.2 Å². The van der Waals surface area contributed by atoms with E-state index in [0.29, 0.717) is 0 Å². The molecular weight excluding hydrogens is 328 g/mol. The molecule has 0 radical (unpaired) electrons. The van der Waals surface area contributed by atoms with Gasteiger partial charge in [0.25, 0.3) is 0 Å². The minimum atomic E-state index is -5.54. The maximum Gasteiger partial charge on any atom is 1.00 e. The van der Waals surface area contributed by atoms with E-state index in [4.69, 9.17) is 10.8 Å². The van der Waals surface area contributed by atoms with Gasteiger partial charge in [-0.25, -0.2) is 0 Å². The Balaban J connectivity index is -0.000000141. The summed E-state index contributed by atoms with van der Waals surface area (Å²) in [7, 11) is -11.1. The van der Waals surface area contributed by atoms with Crippen LogP contribution < -0.4 is 144 Å². The molecule has 14 heteroatoms. The van der Waals surface area contributed by atoms with Crippen LogP contribution in [0.15, 0.2) is 0 Å². The molecular formula is C4H9NNa4O7P2. The van der Waals surface area contributed by atoms with Gasteiger partial charge in [0.1, 0.15) is 0 Å². The second-order valence-corrected chi connectivity index (χ2v) is 6.55. The van der Waals surface area contributed by atoms with Crippen molar-refractivity contribution in [2.75, 3.05) is 6.61 Å². The maximum atomic E-state index is 10.4. The molecule has 0 aromatic heterocycles. The molecule has 0 saturated carbocycles. The molecule has 0 aromatic carbocycles. The van der Waals surface area contributed by atoms with Gasteiger partial charge in [0.15, 0.2) is 0 Å². The Morgan fingerprint density at radius 1 is 0.944 bits per heavy atom. The van der Waals surface area contributed by atoms with Crippen LogP contribution in [-0.2, 0) is 9.13 Å². The third kappa shape index (κ3) is 15.1. The standard InChI is InChI=1S/C4H13NO7P2.4Na/c5-3(2-6)1-4(13(7,8)9)14(10,11)12;;;;/h3-4,6H,1-2,5H2,(H2,7,8,9)(H2,10,11,12);;;;/q;4*+1/p-4. The van der Waals surface area contributed by atoms with E-state index in [0.717, 1.165) is 0 Å². The summed E-state index contributed by atoms with van der Waals surface area (Å²) in [5.41, 5.74) is 5.02. The molecule has 0 aliphatic heterocycles. The Morgan fingerprint density at radius 2 is 1.22 bits per heavy atom. The number of rotatable bonds is 5. The van der Waals surface area contributed by atoms with E-state index in [-0.39, 0.29) is 118 Å². The molecule has 0 amide bonds. The third-order valence-electron chi connectivity index (χ3n) is 1.48. The molecule has 0 aliphatic rings. The van der Waals surface area contributed by atoms with Crippen LogP contribution in [0, 0.1) is 0 Å². The predicted octanol–water partition coefficient (Wildman–Crippen LogP) is -16.1. The van der Waals surface area contributed by atoms with Gasteiger partial charge in [0.05, 0.1) is 6.61 Å². The summed E-state index contributed by atoms with van der Waals surface area (Å²) >= 11 is 0. The fraction of sp³-hybridized carbons (Fsp3) is 1.00. The monoisotopic (exact) mass is 337 g/mol. The van der Waals surface area contributed by atoms with Crippen molar-refractivity contribution in [1.82, 2.24) is 0 Å². The van der Waals surface area contributed by atoms with Gasteiger partial charge in [-0.2, -0.15) is 0 Å². The zero-order valence-corrected chi connectivity index (χ0v) is 20.7. The van der Waals surface area contributed by atoms with Gasteiger partial charge in [-0.1, -0.05) is 15.2 Å². The van der Waals surface area contributed by atoms with Crippen LogP contribution in [0.5, 0.6) is 0 Å². The van der Waals surface area contributed by atoms with Gasteiger partial charge in [-0.05, 0) is 6.42 Å². The molecule has 8 nitrogen and oxygen atoms in total. The average Bonchev–Trinajstić information content (AvgIpc) is 1.95. The van der Waals surface area contributed by atoms with E-state index in [2.05, 4.69) is 0 Å². The van der Waals surface area contributed by atoms with Crippen molar-refractivity contribution in [2.24, 2.45) is 5.73 Å². The normalized spacial score (nSPS) is 12.4. The Labute approximate surface area is 194 Å². The minimum absolute atomic E-state index is 0. The largest absolute Gasteiger partial charge is 1.00 e. The smallest absolute Gasteiger partial charge is 0.810 e. The fourth-order valence-corrected chi connectivity index (χ4v) is 3.22. The fourth-order valence-electron chi connectivity index (χ4n) is 0.777. The van der Waals surface area contributed by atoms with Gasteiger partial charge in [-0.15, -0.1) is 0 Å². The summed E-state index contributed by atoms with van der Waals surface area (Å²) in [6.07, 6.45) is -0.884. The van der Waals surface area contributed by atoms with Gasteiger partial charge in [-0.3, -0.25) is 0 Å². The summed E-state index contributed by atoms with van der Waals surface area (Å²) in [6, 6.07) is -1.23. The quantitative estimate of drug-likeness (QED) is 0.367. The second kappa shape index (κ2) is 14.8. The molecule has 0 bridgehead atoms. The summed E-state index contributed by atoms with van der Waals surface area (Å²) in [5, 5.41) is 5.82. The first-order valence-electron chi connectivity index (χ1n) is 3.49.